The predicted molar refractivity (Wildman–Crippen MR) is 337 cm³/mol. The standard InChI is InChI=1S/C24H28O3.C22H23NO3.C22H25NO3.2CH4.4H2/c1-23(2)13-14-24(3,4)20-15-18(10-11-19(20)23)21(25)12-7-16-5-8-17(9-6-16)22(26)27;1-13-21(2,3)17-11-8-15(12-18(17)22(13,4)5)19(24)23-16-9-6-14(7-10-16)20(25)26;1-21(2)11-12-22(3,4)18-13-15(7-10-17(18)21)19(24)23-16-8-5-14(6-9-16)20(25)26;;;;;;/h5-12,15,21,25H,13-14H2,1-4H3,(H,26,27);6-12H,1H2,2-5H3,(H,23,24)(H,25,26);5-10,13H,11-12H2,1-4H3,(H,23,24)(H,25,26);2*1H4;4*1H/b12-7+;;;;;;;;. The molecule has 11 nitrogen and oxygen atoms in total. The molecule has 3 aliphatic rings. The van der Waals surface area contributed by atoms with Crippen molar-refractivity contribution in [3.8, 4) is 0 Å². The summed E-state index contributed by atoms with van der Waals surface area (Å²) in [6.45, 7) is 31.0. The highest BCUT2D eigenvalue weighted by atomic mass is 16.4. The lowest BCUT2D eigenvalue weighted by atomic mass is 9.63. The Bertz CT molecular complexity index is 3400. The van der Waals surface area contributed by atoms with Crippen LogP contribution in [0.25, 0.3) is 6.08 Å². The number of amides is 2. The third-order valence-electron chi connectivity index (χ3n) is 16.9. The number of rotatable bonds is 10. The Hall–Kier alpha value is -7.89. The highest BCUT2D eigenvalue weighted by Gasteiger charge is 2.46. The largest absolute Gasteiger partial charge is 0.478 e. The normalized spacial score (nSPS) is 17.2. The number of hydrogen-bond donors (Lipinski definition) is 6. The quantitative estimate of drug-likeness (QED) is 0.0725. The van der Waals surface area contributed by atoms with Gasteiger partial charge in [-0.2, -0.15) is 0 Å². The number of aromatic carboxylic acids is 3. The van der Waals surface area contributed by atoms with E-state index >= 15 is 0 Å². The minimum absolute atomic E-state index is 0. The van der Waals surface area contributed by atoms with E-state index in [1.165, 1.54) is 58.5 Å². The number of anilines is 2. The number of fused-ring (bicyclic) bond motifs is 3. The lowest BCUT2D eigenvalue weighted by Gasteiger charge is -2.42. The van der Waals surface area contributed by atoms with E-state index in [4.69, 9.17) is 15.3 Å². The fourth-order valence-electron chi connectivity index (χ4n) is 11.2. The van der Waals surface area contributed by atoms with E-state index in [2.05, 4.69) is 118 Å². The Morgan fingerprint density at radius 1 is 0.444 bits per heavy atom. The molecule has 0 saturated carbocycles. The highest BCUT2D eigenvalue weighted by Crippen LogP contribution is 2.53. The summed E-state index contributed by atoms with van der Waals surface area (Å²) in [5.74, 6) is -3.32. The number of carboxylic acid groups (broad SMARTS) is 3. The molecule has 3 aliphatic carbocycles. The molecule has 6 aromatic carbocycles. The second-order valence-corrected chi connectivity index (χ2v) is 25.0. The molecule has 0 aromatic heterocycles. The van der Waals surface area contributed by atoms with Gasteiger partial charge in [-0.1, -0.05) is 165 Å². The smallest absolute Gasteiger partial charge is 0.335 e. The summed E-state index contributed by atoms with van der Waals surface area (Å²) in [6.07, 6.45) is 7.40. The van der Waals surface area contributed by atoms with E-state index in [-0.39, 0.29) is 81.6 Å². The Morgan fingerprint density at radius 3 is 1.17 bits per heavy atom. The van der Waals surface area contributed by atoms with E-state index in [1.807, 2.05) is 42.5 Å². The number of hydrogen-bond acceptors (Lipinski definition) is 6. The molecule has 6 aromatic rings. The number of carbonyl (C=O) groups excluding carboxylic acids is 2. The molecule has 0 fully saturated rings. The molecule has 0 bridgehead atoms. The van der Waals surface area contributed by atoms with Crippen LogP contribution in [-0.2, 0) is 32.5 Å². The molecule has 0 spiro atoms. The summed E-state index contributed by atoms with van der Waals surface area (Å²) in [7, 11) is 0. The van der Waals surface area contributed by atoms with Crippen molar-refractivity contribution in [2.45, 2.75) is 162 Å². The molecule has 9 rings (SSSR count). The molecule has 0 radical (unpaired) electrons. The first kappa shape index (κ1) is 63.9. The van der Waals surface area contributed by atoms with Gasteiger partial charge in [-0.25, -0.2) is 14.4 Å². The van der Waals surface area contributed by atoms with Crippen LogP contribution in [0, 0.1) is 0 Å². The molecule has 6 N–H and O–H groups in total. The van der Waals surface area contributed by atoms with E-state index in [0.717, 1.165) is 41.5 Å². The molecule has 81 heavy (non-hydrogen) atoms. The van der Waals surface area contributed by atoms with Gasteiger partial charge in [0, 0.05) is 39.0 Å². The first-order chi connectivity index (χ1) is 36.7. The third kappa shape index (κ3) is 13.8. The molecule has 1 unspecified atom stereocenters. The second-order valence-electron chi connectivity index (χ2n) is 25.0. The van der Waals surface area contributed by atoms with E-state index in [9.17, 15) is 29.1 Å². The summed E-state index contributed by atoms with van der Waals surface area (Å²) >= 11 is 0. The summed E-state index contributed by atoms with van der Waals surface area (Å²) in [6, 6.07) is 37.0. The Morgan fingerprint density at radius 2 is 0.765 bits per heavy atom. The zero-order valence-corrected chi connectivity index (χ0v) is 47.7. The zero-order valence-electron chi connectivity index (χ0n) is 47.7. The van der Waals surface area contributed by atoms with E-state index in [0.29, 0.717) is 22.5 Å². The van der Waals surface area contributed by atoms with Crippen LogP contribution >= 0.6 is 0 Å². The van der Waals surface area contributed by atoms with Crippen LogP contribution in [0.1, 0.15) is 232 Å². The molecule has 2 amide bonds. The van der Waals surface area contributed by atoms with Gasteiger partial charge >= 0.3 is 17.9 Å². The van der Waals surface area contributed by atoms with Crippen molar-refractivity contribution in [1.82, 2.24) is 0 Å². The van der Waals surface area contributed by atoms with Gasteiger partial charge in [0.2, 0.25) is 0 Å². The minimum Gasteiger partial charge on any atom is -0.478 e. The van der Waals surface area contributed by atoms with Gasteiger partial charge in [-0.05, 0) is 177 Å². The van der Waals surface area contributed by atoms with Crippen LogP contribution in [0.2, 0.25) is 0 Å². The Balaban J connectivity index is 0.000000616. The number of carbonyl (C=O) groups is 5. The average molecular weight is 1110 g/mol. The molecule has 1 atom stereocenters. The van der Waals surface area contributed by atoms with Gasteiger partial charge in [0.05, 0.1) is 22.8 Å². The average Bonchev–Trinajstić information content (AvgIpc) is 1.99. The fourth-order valence-corrected chi connectivity index (χ4v) is 11.2. The number of nitrogens with one attached hydrogen (secondary N) is 2. The maximum atomic E-state index is 12.7. The van der Waals surface area contributed by atoms with Crippen molar-refractivity contribution in [3.63, 3.8) is 0 Å². The summed E-state index contributed by atoms with van der Waals surface area (Å²) < 4.78 is 0. The van der Waals surface area contributed by atoms with Crippen molar-refractivity contribution >= 4 is 47.2 Å². The number of carboxylic acids is 3. The number of benzene rings is 6. The molecular formula is C70H92N2O9. The SMILES string of the molecule is C.C.C=C1C(C)(C)c2ccc(C(=O)Nc3ccc(C(=O)O)cc3)cc2C1(C)C.CC1(C)CCC(C)(C)c2cc(C(=O)Nc3ccc(C(=O)O)cc3)ccc21.CC1(C)CCC(C)(C)c2cc(C(O)/C=C/c3ccc(C(=O)O)cc3)ccc21.[HH].[HH].[HH].[HH]. The predicted octanol–water partition coefficient (Wildman–Crippen LogP) is 17.5. The molecule has 436 valence electrons. The van der Waals surface area contributed by atoms with Crippen LogP contribution in [0.3, 0.4) is 0 Å². The maximum absolute atomic E-state index is 12.7. The first-order valence-electron chi connectivity index (χ1n) is 26.9. The van der Waals surface area contributed by atoms with Crippen LogP contribution in [0.15, 0.2) is 146 Å². The summed E-state index contributed by atoms with van der Waals surface area (Å²) in [4.78, 5) is 58.0. The van der Waals surface area contributed by atoms with Crippen LogP contribution in [0.4, 0.5) is 11.4 Å². The number of aliphatic hydroxyl groups is 1. The molecule has 0 heterocycles. The van der Waals surface area contributed by atoms with Crippen molar-refractivity contribution in [2.24, 2.45) is 0 Å². The van der Waals surface area contributed by atoms with Gasteiger partial charge in [-0.15, -0.1) is 0 Å². The van der Waals surface area contributed by atoms with E-state index < -0.39 is 24.0 Å². The van der Waals surface area contributed by atoms with E-state index in [1.54, 1.807) is 54.6 Å². The van der Waals surface area contributed by atoms with Crippen molar-refractivity contribution in [3.05, 3.63) is 218 Å². The van der Waals surface area contributed by atoms with Crippen molar-refractivity contribution < 1.29 is 50.1 Å². The van der Waals surface area contributed by atoms with Crippen LogP contribution in [-0.4, -0.2) is 50.1 Å². The third-order valence-corrected chi connectivity index (χ3v) is 16.9. The summed E-state index contributed by atoms with van der Waals surface area (Å²) in [5, 5.41) is 43.2. The fraction of sp³-hybridized carbons (Fsp3) is 0.357. The van der Waals surface area contributed by atoms with Crippen LogP contribution < -0.4 is 10.6 Å². The maximum Gasteiger partial charge on any atom is 0.335 e. The first-order valence-corrected chi connectivity index (χ1v) is 26.9. The monoisotopic (exact) mass is 1100 g/mol. The lowest BCUT2D eigenvalue weighted by molar-refractivity contribution is 0.0686. The zero-order chi connectivity index (χ0) is 58.2. The van der Waals surface area contributed by atoms with Crippen LogP contribution in [0.5, 0.6) is 0 Å². The molecular weight excluding hydrogens is 1010 g/mol. The molecule has 0 aliphatic heterocycles. The van der Waals surface area contributed by atoms with Gasteiger partial charge < -0.3 is 31.1 Å². The van der Waals surface area contributed by atoms with Gasteiger partial charge in [-0.3, -0.25) is 9.59 Å². The Labute approximate surface area is 486 Å². The topological polar surface area (TPSA) is 190 Å². The van der Waals surface area contributed by atoms with Gasteiger partial charge in [0.15, 0.2) is 0 Å². The summed E-state index contributed by atoms with van der Waals surface area (Å²) in [5.41, 5.74) is 13.6. The Kier molecular flexibility index (Phi) is 19.0. The number of aliphatic hydroxyl groups excluding tert-OH is 1. The number of allylic oxidation sites excluding steroid dienone is 1. The van der Waals surface area contributed by atoms with Gasteiger partial charge in [0.25, 0.3) is 11.8 Å². The van der Waals surface area contributed by atoms with Gasteiger partial charge in [0.1, 0.15) is 0 Å². The van der Waals surface area contributed by atoms with Crippen molar-refractivity contribution in [1.29, 1.82) is 0 Å². The molecule has 11 heteroatoms. The second kappa shape index (κ2) is 24.1. The van der Waals surface area contributed by atoms with Crippen molar-refractivity contribution in [2.75, 3.05) is 10.6 Å². The minimum atomic E-state index is -0.994. The molecule has 0 saturated heterocycles. The highest BCUT2D eigenvalue weighted by molar-refractivity contribution is 6.05. The lowest BCUT2D eigenvalue weighted by Crippen LogP contribution is -2.34.